The van der Waals surface area contributed by atoms with E-state index in [0.29, 0.717) is 19.4 Å². The Morgan fingerprint density at radius 2 is 2.00 bits per heavy atom. The third-order valence-electron chi connectivity index (χ3n) is 2.64. The van der Waals surface area contributed by atoms with E-state index in [-0.39, 0.29) is 17.8 Å². The summed E-state index contributed by atoms with van der Waals surface area (Å²) >= 11 is 0. The first-order valence-electron chi connectivity index (χ1n) is 6.36. The van der Waals surface area contributed by atoms with Gasteiger partial charge in [0.2, 0.25) is 5.91 Å². The molecular formula is C14H21FN2O. The lowest BCUT2D eigenvalue weighted by atomic mass is 10.1. The van der Waals surface area contributed by atoms with Gasteiger partial charge in [-0.2, -0.15) is 0 Å². The van der Waals surface area contributed by atoms with Crippen molar-refractivity contribution in [3.8, 4) is 0 Å². The highest BCUT2D eigenvalue weighted by molar-refractivity contribution is 5.76. The second-order valence-electron chi connectivity index (χ2n) is 4.40. The second kappa shape index (κ2) is 7.82. The fraction of sp³-hybridized carbons (Fsp3) is 0.500. The first-order valence-corrected chi connectivity index (χ1v) is 6.36. The van der Waals surface area contributed by atoms with E-state index in [9.17, 15) is 9.18 Å². The minimum Gasteiger partial charge on any atom is -0.353 e. The van der Waals surface area contributed by atoms with Crippen LogP contribution in [0.2, 0.25) is 0 Å². The largest absolute Gasteiger partial charge is 0.353 e. The van der Waals surface area contributed by atoms with E-state index in [1.165, 1.54) is 12.1 Å². The number of benzene rings is 1. The molecule has 4 heteroatoms. The topological polar surface area (TPSA) is 41.1 Å². The van der Waals surface area contributed by atoms with Crippen molar-refractivity contribution in [1.29, 1.82) is 0 Å². The van der Waals surface area contributed by atoms with Crippen molar-refractivity contribution in [2.45, 2.75) is 32.7 Å². The van der Waals surface area contributed by atoms with E-state index in [4.69, 9.17) is 0 Å². The molecule has 0 aliphatic carbocycles. The molecule has 0 saturated heterocycles. The van der Waals surface area contributed by atoms with Gasteiger partial charge in [-0.1, -0.05) is 19.1 Å². The zero-order chi connectivity index (χ0) is 13.4. The van der Waals surface area contributed by atoms with Gasteiger partial charge >= 0.3 is 0 Å². The Morgan fingerprint density at radius 1 is 1.33 bits per heavy atom. The number of hydrogen-bond acceptors (Lipinski definition) is 2. The molecule has 0 heterocycles. The summed E-state index contributed by atoms with van der Waals surface area (Å²) in [7, 11) is 0. The Balaban J connectivity index is 2.30. The van der Waals surface area contributed by atoms with E-state index < -0.39 is 0 Å². The van der Waals surface area contributed by atoms with E-state index in [2.05, 4.69) is 10.6 Å². The smallest absolute Gasteiger partial charge is 0.221 e. The van der Waals surface area contributed by atoms with Gasteiger partial charge in [-0.15, -0.1) is 0 Å². The lowest BCUT2D eigenvalue weighted by molar-refractivity contribution is -0.121. The quantitative estimate of drug-likeness (QED) is 0.727. The van der Waals surface area contributed by atoms with Gasteiger partial charge in [0, 0.05) is 19.0 Å². The number of carbonyl (C=O) groups is 1. The van der Waals surface area contributed by atoms with Crippen molar-refractivity contribution in [2.75, 3.05) is 13.1 Å². The lowest BCUT2D eigenvalue weighted by Crippen LogP contribution is -2.35. The summed E-state index contributed by atoms with van der Waals surface area (Å²) in [5.41, 5.74) is 1.02. The number of carbonyl (C=O) groups excluding carboxylic acids is 1. The number of hydrogen-bond donors (Lipinski definition) is 2. The summed E-state index contributed by atoms with van der Waals surface area (Å²) in [6.07, 6.45) is 1.20. The molecule has 0 saturated carbocycles. The average molecular weight is 252 g/mol. The Hall–Kier alpha value is -1.42. The molecule has 0 aliphatic rings. The summed E-state index contributed by atoms with van der Waals surface area (Å²) < 4.78 is 12.7. The SMILES string of the molecule is CCNCCC(=O)NC(C)Cc1ccc(F)cc1. The summed E-state index contributed by atoms with van der Waals surface area (Å²) in [4.78, 5) is 11.6. The van der Waals surface area contributed by atoms with Crippen LogP contribution >= 0.6 is 0 Å². The second-order valence-corrected chi connectivity index (χ2v) is 4.40. The van der Waals surface area contributed by atoms with E-state index in [0.717, 1.165) is 12.1 Å². The van der Waals surface area contributed by atoms with Crippen LogP contribution in [0.3, 0.4) is 0 Å². The molecule has 100 valence electrons. The minimum atomic E-state index is -0.235. The van der Waals surface area contributed by atoms with Crippen LogP contribution in [-0.2, 0) is 11.2 Å². The van der Waals surface area contributed by atoms with Crippen LogP contribution in [0.5, 0.6) is 0 Å². The monoisotopic (exact) mass is 252 g/mol. The molecule has 1 aromatic rings. The lowest BCUT2D eigenvalue weighted by Gasteiger charge is -2.14. The molecule has 1 unspecified atom stereocenters. The predicted molar refractivity (Wildman–Crippen MR) is 70.9 cm³/mol. The highest BCUT2D eigenvalue weighted by atomic mass is 19.1. The Bertz CT molecular complexity index is 365. The van der Waals surface area contributed by atoms with Crippen LogP contribution in [0.1, 0.15) is 25.8 Å². The number of nitrogens with one attached hydrogen (secondary N) is 2. The van der Waals surface area contributed by atoms with Crippen LogP contribution in [0, 0.1) is 5.82 Å². The molecule has 2 N–H and O–H groups in total. The van der Waals surface area contributed by atoms with Crippen molar-refractivity contribution >= 4 is 5.91 Å². The molecule has 0 aromatic heterocycles. The number of halogens is 1. The van der Waals surface area contributed by atoms with E-state index in [1.54, 1.807) is 12.1 Å². The first kappa shape index (κ1) is 14.6. The summed E-state index contributed by atoms with van der Waals surface area (Å²) in [6.45, 7) is 5.54. The third-order valence-corrected chi connectivity index (χ3v) is 2.64. The number of amides is 1. The first-order chi connectivity index (χ1) is 8.61. The van der Waals surface area contributed by atoms with Crippen LogP contribution in [0.4, 0.5) is 4.39 Å². The normalized spacial score (nSPS) is 12.2. The average Bonchev–Trinajstić information content (AvgIpc) is 2.32. The van der Waals surface area contributed by atoms with Gasteiger partial charge in [0.1, 0.15) is 5.82 Å². The maximum atomic E-state index is 12.7. The molecule has 18 heavy (non-hydrogen) atoms. The molecular weight excluding hydrogens is 231 g/mol. The third kappa shape index (κ3) is 5.77. The Kier molecular flexibility index (Phi) is 6.36. The summed E-state index contributed by atoms with van der Waals surface area (Å²) in [6, 6.07) is 6.43. The molecule has 0 radical (unpaired) electrons. The molecule has 0 bridgehead atoms. The maximum absolute atomic E-state index is 12.7. The van der Waals surface area contributed by atoms with Crippen LogP contribution in [0.15, 0.2) is 24.3 Å². The van der Waals surface area contributed by atoms with Crippen molar-refractivity contribution < 1.29 is 9.18 Å². The summed E-state index contributed by atoms with van der Waals surface area (Å²) in [5, 5.41) is 6.04. The maximum Gasteiger partial charge on any atom is 0.221 e. The van der Waals surface area contributed by atoms with Crippen LogP contribution < -0.4 is 10.6 Å². The van der Waals surface area contributed by atoms with E-state index in [1.807, 2.05) is 13.8 Å². The van der Waals surface area contributed by atoms with Gasteiger partial charge in [-0.25, -0.2) is 4.39 Å². The van der Waals surface area contributed by atoms with Crippen molar-refractivity contribution in [3.05, 3.63) is 35.6 Å². The van der Waals surface area contributed by atoms with Gasteiger partial charge < -0.3 is 10.6 Å². The highest BCUT2D eigenvalue weighted by Crippen LogP contribution is 2.05. The van der Waals surface area contributed by atoms with E-state index >= 15 is 0 Å². The van der Waals surface area contributed by atoms with Gasteiger partial charge in [0.15, 0.2) is 0 Å². The Labute approximate surface area is 108 Å². The van der Waals surface area contributed by atoms with Gasteiger partial charge in [0.25, 0.3) is 0 Å². The van der Waals surface area contributed by atoms with Crippen LogP contribution in [0.25, 0.3) is 0 Å². The minimum absolute atomic E-state index is 0.0468. The number of rotatable bonds is 7. The molecule has 1 rings (SSSR count). The molecule has 0 aliphatic heterocycles. The fourth-order valence-corrected chi connectivity index (χ4v) is 1.75. The fourth-order valence-electron chi connectivity index (χ4n) is 1.75. The van der Waals surface area contributed by atoms with Crippen molar-refractivity contribution in [3.63, 3.8) is 0 Å². The molecule has 0 fully saturated rings. The standard InChI is InChI=1S/C14H21FN2O/c1-3-16-9-8-14(18)17-11(2)10-12-4-6-13(15)7-5-12/h4-7,11,16H,3,8-10H2,1-2H3,(H,17,18). The Morgan fingerprint density at radius 3 is 2.61 bits per heavy atom. The molecule has 1 atom stereocenters. The zero-order valence-electron chi connectivity index (χ0n) is 11.0. The van der Waals surface area contributed by atoms with Crippen molar-refractivity contribution in [1.82, 2.24) is 10.6 Å². The highest BCUT2D eigenvalue weighted by Gasteiger charge is 2.07. The molecule has 0 spiro atoms. The van der Waals surface area contributed by atoms with Gasteiger partial charge in [-0.3, -0.25) is 4.79 Å². The molecule has 3 nitrogen and oxygen atoms in total. The van der Waals surface area contributed by atoms with Gasteiger partial charge in [0.05, 0.1) is 0 Å². The molecule has 1 amide bonds. The summed E-state index contributed by atoms with van der Waals surface area (Å²) in [5.74, 6) is -0.188. The van der Waals surface area contributed by atoms with Crippen molar-refractivity contribution in [2.24, 2.45) is 0 Å². The zero-order valence-corrected chi connectivity index (χ0v) is 11.0. The molecule has 1 aromatic carbocycles. The van der Waals surface area contributed by atoms with Gasteiger partial charge in [-0.05, 0) is 37.6 Å². The van der Waals surface area contributed by atoms with Crippen LogP contribution in [-0.4, -0.2) is 25.0 Å². The predicted octanol–water partition coefficient (Wildman–Crippen LogP) is 1.87.